The molecule has 90 valence electrons. The summed E-state index contributed by atoms with van der Waals surface area (Å²) in [7, 11) is 0. The van der Waals surface area contributed by atoms with E-state index in [1.807, 2.05) is 0 Å². The van der Waals surface area contributed by atoms with Crippen molar-refractivity contribution in [3.8, 4) is 0 Å². The number of nitrogens with zero attached hydrogens (tertiary/aromatic N) is 1. The Morgan fingerprint density at radius 3 is 2.33 bits per heavy atom. The van der Waals surface area contributed by atoms with Crippen LogP contribution in [-0.4, -0.2) is 53.1 Å². The van der Waals surface area contributed by atoms with E-state index in [9.17, 15) is 18.3 Å². The maximum atomic E-state index is 12.1. The summed E-state index contributed by atoms with van der Waals surface area (Å²) in [6, 6.07) is 0. The molecule has 0 aromatic carbocycles. The molecule has 0 spiro atoms. The lowest BCUT2D eigenvalue weighted by atomic mass is 9.90. The van der Waals surface area contributed by atoms with Crippen LogP contribution in [-0.2, 0) is 0 Å². The number of halogens is 3. The maximum Gasteiger partial charge on any atom is 0.415 e. The summed E-state index contributed by atoms with van der Waals surface area (Å²) in [6.45, 7) is 3.65. The van der Waals surface area contributed by atoms with Crippen molar-refractivity contribution < 1.29 is 23.4 Å². The van der Waals surface area contributed by atoms with E-state index in [0.717, 1.165) is 0 Å². The number of alkyl halides is 3. The molecule has 15 heavy (non-hydrogen) atoms. The van der Waals surface area contributed by atoms with Crippen LogP contribution in [0.1, 0.15) is 13.8 Å². The van der Waals surface area contributed by atoms with Crippen LogP contribution in [0.25, 0.3) is 0 Å². The Bertz CT molecular complexity index is 230. The van der Waals surface area contributed by atoms with E-state index in [2.05, 4.69) is 0 Å². The van der Waals surface area contributed by atoms with Crippen molar-refractivity contribution in [2.45, 2.75) is 32.2 Å². The molecule has 0 radical (unpaired) electrons. The maximum absolute atomic E-state index is 12.1. The second-order valence-corrected chi connectivity index (χ2v) is 4.76. The van der Waals surface area contributed by atoms with Gasteiger partial charge in [-0.3, -0.25) is 4.90 Å². The first-order valence-electron chi connectivity index (χ1n) is 4.78. The highest BCUT2D eigenvalue weighted by atomic mass is 19.4. The van der Waals surface area contributed by atoms with Gasteiger partial charge in [0.15, 0.2) is 6.10 Å². The van der Waals surface area contributed by atoms with Gasteiger partial charge in [0, 0.05) is 25.0 Å². The lowest BCUT2D eigenvalue weighted by Crippen LogP contribution is -2.40. The first kappa shape index (κ1) is 12.7. The van der Waals surface area contributed by atoms with Crippen LogP contribution in [0.2, 0.25) is 0 Å². The van der Waals surface area contributed by atoms with E-state index >= 15 is 0 Å². The molecule has 1 aliphatic heterocycles. The second kappa shape index (κ2) is 3.92. The third-order valence-electron chi connectivity index (χ3n) is 2.77. The molecule has 2 atom stereocenters. The van der Waals surface area contributed by atoms with E-state index in [1.54, 1.807) is 13.8 Å². The molecule has 1 heterocycles. The van der Waals surface area contributed by atoms with Gasteiger partial charge in [-0.15, -0.1) is 0 Å². The standard InChI is InChI=1S/C9H16F3NO2/c1-8(2)5-13(3-6(8)14)4-7(15)9(10,11)12/h6-7,14-15H,3-5H2,1-2H3/t6-,7-/m1/s1. The van der Waals surface area contributed by atoms with Crippen molar-refractivity contribution in [2.24, 2.45) is 5.41 Å². The zero-order valence-corrected chi connectivity index (χ0v) is 8.75. The fourth-order valence-corrected chi connectivity index (χ4v) is 1.73. The third kappa shape index (κ3) is 3.06. The zero-order chi connectivity index (χ0) is 11.9. The number of β-amino-alcohol motifs (C(OH)–C–C–N with tert-alkyl or cyclic N) is 2. The normalized spacial score (nSPS) is 29.4. The molecule has 0 bridgehead atoms. The summed E-state index contributed by atoms with van der Waals surface area (Å²) < 4.78 is 36.2. The molecule has 0 unspecified atom stereocenters. The van der Waals surface area contributed by atoms with Crippen molar-refractivity contribution in [3.63, 3.8) is 0 Å². The molecule has 0 amide bonds. The lowest BCUT2D eigenvalue weighted by molar-refractivity contribution is -0.207. The highest BCUT2D eigenvalue weighted by Gasteiger charge is 2.43. The van der Waals surface area contributed by atoms with Gasteiger partial charge in [-0.1, -0.05) is 13.8 Å². The van der Waals surface area contributed by atoms with Gasteiger partial charge in [-0.05, 0) is 0 Å². The van der Waals surface area contributed by atoms with E-state index in [-0.39, 0.29) is 6.54 Å². The molecule has 0 aromatic heterocycles. The van der Waals surface area contributed by atoms with Gasteiger partial charge < -0.3 is 10.2 Å². The fourth-order valence-electron chi connectivity index (χ4n) is 1.73. The molecule has 6 heteroatoms. The van der Waals surface area contributed by atoms with E-state index in [4.69, 9.17) is 5.11 Å². The number of likely N-dealkylation sites (tertiary alicyclic amines) is 1. The first-order valence-corrected chi connectivity index (χ1v) is 4.78. The van der Waals surface area contributed by atoms with Crippen LogP contribution in [0.5, 0.6) is 0 Å². The largest absolute Gasteiger partial charge is 0.415 e. The van der Waals surface area contributed by atoms with Crippen LogP contribution in [0.3, 0.4) is 0 Å². The second-order valence-electron chi connectivity index (χ2n) is 4.76. The Labute approximate surface area is 86.5 Å². The number of rotatable bonds is 2. The SMILES string of the molecule is CC1(C)CN(C[C@@H](O)C(F)(F)F)C[C@H]1O. The minimum atomic E-state index is -4.59. The number of aliphatic hydroxyl groups is 2. The van der Waals surface area contributed by atoms with Gasteiger partial charge >= 0.3 is 6.18 Å². The molecule has 3 nitrogen and oxygen atoms in total. The summed E-state index contributed by atoms with van der Waals surface area (Å²) >= 11 is 0. The minimum Gasteiger partial charge on any atom is -0.391 e. The van der Waals surface area contributed by atoms with Gasteiger partial charge in [0.1, 0.15) is 0 Å². The van der Waals surface area contributed by atoms with Gasteiger partial charge in [-0.25, -0.2) is 0 Å². The van der Waals surface area contributed by atoms with E-state index in [0.29, 0.717) is 6.54 Å². The molecule has 1 fully saturated rings. The van der Waals surface area contributed by atoms with E-state index in [1.165, 1.54) is 4.90 Å². The number of hydrogen-bond donors (Lipinski definition) is 2. The van der Waals surface area contributed by atoms with Crippen molar-refractivity contribution in [1.82, 2.24) is 4.90 Å². The molecule has 0 aromatic rings. The Balaban J connectivity index is 2.50. The Morgan fingerprint density at radius 2 is 2.00 bits per heavy atom. The van der Waals surface area contributed by atoms with Crippen LogP contribution in [0.15, 0.2) is 0 Å². The molecule has 2 N–H and O–H groups in total. The fraction of sp³-hybridized carbons (Fsp3) is 1.00. The average Bonchev–Trinajstić information content (AvgIpc) is 2.23. The smallest absolute Gasteiger partial charge is 0.391 e. The predicted octanol–water partition coefficient (Wildman–Crippen LogP) is 0.612. The van der Waals surface area contributed by atoms with Crippen LogP contribution >= 0.6 is 0 Å². The van der Waals surface area contributed by atoms with Crippen molar-refractivity contribution >= 4 is 0 Å². The molecular formula is C9H16F3NO2. The van der Waals surface area contributed by atoms with Gasteiger partial charge in [0.25, 0.3) is 0 Å². The van der Waals surface area contributed by atoms with Crippen molar-refractivity contribution in [2.75, 3.05) is 19.6 Å². The molecule has 1 rings (SSSR count). The quantitative estimate of drug-likeness (QED) is 0.726. The molecule has 1 aliphatic rings. The van der Waals surface area contributed by atoms with Crippen LogP contribution < -0.4 is 0 Å². The summed E-state index contributed by atoms with van der Waals surface area (Å²) in [5, 5.41) is 18.4. The monoisotopic (exact) mass is 227 g/mol. The molecule has 0 aliphatic carbocycles. The number of aliphatic hydroxyl groups excluding tert-OH is 2. The van der Waals surface area contributed by atoms with Crippen molar-refractivity contribution in [3.05, 3.63) is 0 Å². The van der Waals surface area contributed by atoms with Crippen LogP contribution in [0, 0.1) is 5.41 Å². The third-order valence-corrected chi connectivity index (χ3v) is 2.77. The summed E-state index contributed by atoms with van der Waals surface area (Å²) in [5.41, 5.74) is -0.411. The topological polar surface area (TPSA) is 43.7 Å². The van der Waals surface area contributed by atoms with Crippen molar-refractivity contribution in [1.29, 1.82) is 0 Å². The Morgan fingerprint density at radius 1 is 1.47 bits per heavy atom. The van der Waals surface area contributed by atoms with Gasteiger partial charge in [-0.2, -0.15) is 13.2 Å². The molecular weight excluding hydrogens is 211 g/mol. The summed E-state index contributed by atoms with van der Waals surface area (Å²) in [5.74, 6) is 0. The Kier molecular flexibility index (Phi) is 3.33. The predicted molar refractivity (Wildman–Crippen MR) is 48.3 cm³/mol. The first-order chi connectivity index (χ1) is 6.63. The number of hydrogen-bond acceptors (Lipinski definition) is 3. The average molecular weight is 227 g/mol. The highest BCUT2D eigenvalue weighted by Crippen LogP contribution is 2.30. The van der Waals surface area contributed by atoms with Crippen LogP contribution in [0.4, 0.5) is 13.2 Å². The Hall–Kier alpha value is -0.330. The van der Waals surface area contributed by atoms with Gasteiger partial charge in [0.2, 0.25) is 0 Å². The van der Waals surface area contributed by atoms with Gasteiger partial charge in [0.05, 0.1) is 6.10 Å². The minimum absolute atomic E-state index is 0.181. The van der Waals surface area contributed by atoms with E-state index < -0.39 is 30.3 Å². The highest BCUT2D eigenvalue weighted by molar-refractivity contribution is 4.91. The zero-order valence-electron chi connectivity index (χ0n) is 8.75. The molecule has 0 saturated carbocycles. The lowest BCUT2D eigenvalue weighted by Gasteiger charge is -2.23. The summed E-state index contributed by atoms with van der Waals surface area (Å²) in [4.78, 5) is 1.43. The summed E-state index contributed by atoms with van der Waals surface area (Å²) in [6.07, 6.45) is -7.56. The molecule has 1 saturated heterocycles.